The highest BCUT2D eigenvalue weighted by Crippen LogP contribution is 2.33. The SMILES string of the molecule is Cc1ccccc1C(C)NC1C(=O)Nc2cc(F)ccc21. The zero-order valence-corrected chi connectivity index (χ0v) is 12.0. The first kappa shape index (κ1) is 13.8. The summed E-state index contributed by atoms with van der Waals surface area (Å²) < 4.78 is 13.2. The summed E-state index contributed by atoms with van der Waals surface area (Å²) in [6, 6.07) is 12.0. The van der Waals surface area contributed by atoms with E-state index in [-0.39, 0.29) is 17.8 Å². The van der Waals surface area contributed by atoms with Crippen LogP contribution in [0.15, 0.2) is 42.5 Å². The molecule has 2 N–H and O–H groups in total. The van der Waals surface area contributed by atoms with E-state index in [1.165, 1.54) is 17.7 Å². The van der Waals surface area contributed by atoms with Gasteiger partial charge in [0.1, 0.15) is 11.9 Å². The summed E-state index contributed by atoms with van der Waals surface area (Å²) in [4.78, 5) is 12.1. The Kier molecular flexibility index (Phi) is 3.47. The molecule has 3 nitrogen and oxygen atoms in total. The van der Waals surface area contributed by atoms with Crippen molar-refractivity contribution in [3.63, 3.8) is 0 Å². The van der Waals surface area contributed by atoms with E-state index in [0.717, 1.165) is 11.1 Å². The van der Waals surface area contributed by atoms with Gasteiger partial charge in [-0.1, -0.05) is 30.3 Å². The number of halogens is 1. The Labute approximate surface area is 123 Å². The fourth-order valence-electron chi connectivity index (χ4n) is 2.81. The van der Waals surface area contributed by atoms with Gasteiger partial charge >= 0.3 is 0 Å². The molecule has 1 heterocycles. The summed E-state index contributed by atoms with van der Waals surface area (Å²) in [6.07, 6.45) is 0. The van der Waals surface area contributed by atoms with Crippen LogP contribution in [0.3, 0.4) is 0 Å². The van der Waals surface area contributed by atoms with Crippen molar-refractivity contribution in [2.75, 3.05) is 5.32 Å². The molecule has 0 saturated heterocycles. The summed E-state index contributed by atoms with van der Waals surface area (Å²) in [5, 5.41) is 6.05. The second-order valence-corrected chi connectivity index (χ2v) is 5.40. The van der Waals surface area contributed by atoms with Gasteiger partial charge in [-0.25, -0.2) is 4.39 Å². The molecule has 21 heavy (non-hydrogen) atoms. The summed E-state index contributed by atoms with van der Waals surface area (Å²) in [6.45, 7) is 4.07. The van der Waals surface area contributed by atoms with Crippen LogP contribution in [0.1, 0.15) is 35.7 Å². The minimum absolute atomic E-state index is 0.0259. The van der Waals surface area contributed by atoms with Crippen molar-refractivity contribution >= 4 is 11.6 Å². The van der Waals surface area contributed by atoms with E-state index in [1.54, 1.807) is 6.07 Å². The van der Waals surface area contributed by atoms with Crippen molar-refractivity contribution in [3.8, 4) is 0 Å². The molecular formula is C17H17FN2O. The molecule has 2 unspecified atom stereocenters. The van der Waals surface area contributed by atoms with Gasteiger partial charge in [-0.3, -0.25) is 10.1 Å². The Bertz CT molecular complexity index is 699. The molecule has 1 amide bonds. The minimum Gasteiger partial charge on any atom is -0.324 e. The largest absolute Gasteiger partial charge is 0.324 e. The zero-order valence-electron chi connectivity index (χ0n) is 12.0. The molecular weight excluding hydrogens is 267 g/mol. The van der Waals surface area contributed by atoms with Crippen LogP contribution in [0.5, 0.6) is 0 Å². The van der Waals surface area contributed by atoms with Crippen LogP contribution in [-0.2, 0) is 4.79 Å². The van der Waals surface area contributed by atoms with Crippen LogP contribution >= 0.6 is 0 Å². The lowest BCUT2D eigenvalue weighted by Gasteiger charge is -2.20. The topological polar surface area (TPSA) is 41.1 Å². The molecule has 2 atom stereocenters. The zero-order chi connectivity index (χ0) is 15.0. The summed E-state index contributed by atoms with van der Waals surface area (Å²) in [5.74, 6) is -0.488. The predicted molar refractivity (Wildman–Crippen MR) is 80.5 cm³/mol. The smallest absolute Gasteiger partial charge is 0.246 e. The maximum absolute atomic E-state index is 13.2. The van der Waals surface area contributed by atoms with E-state index in [2.05, 4.69) is 10.6 Å². The van der Waals surface area contributed by atoms with E-state index in [4.69, 9.17) is 0 Å². The molecule has 1 aliphatic heterocycles. The first-order valence-electron chi connectivity index (χ1n) is 6.98. The van der Waals surface area contributed by atoms with Crippen LogP contribution < -0.4 is 10.6 Å². The second kappa shape index (κ2) is 5.30. The molecule has 0 spiro atoms. The lowest BCUT2D eigenvalue weighted by molar-refractivity contribution is -0.117. The number of nitrogens with one attached hydrogen (secondary N) is 2. The lowest BCUT2D eigenvalue weighted by atomic mass is 10.0. The van der Waals surface area contributed by atoms with E-state index in [9.17, 15) is 9.18 Å². The van der Waals surface area contributed by atoms with Crippen molar-refractivity contribution in [2.24, 2.45) is 0 Å². The molecule has 0 aromatic heterocycles. The quantitative estimate of drug-likeness (QED) is 0.906. The van der Waals surface area contributed by atoms with Gasteiger partial charge in [0.15, 0.2) is 0 Å². The van der Waals surface area contributed by atoms with Crippen molar-refractivity contribution in [1.29, 1.82) is 0 Å². The van der Waals surface area contributed by atoms with Crippen LogP contribution in [0.2, 0.25) is 0 Å². The van der Waals surface area contributed by atoms with Gasteiger partial charge in [0, 0.05) is 17.3 Å². The Morgan fingerprint density at radius 1 is 1.24 bits per heavy atom. The normalized spacial score (nSPS) is 18.2. The highest BCUT2D eigenvalue weighted by Gasteiger charge is 2.31. The Morgan fingerprint density at radius 3 is 2.76 bits per heavy atom. The lowest BCUT2D eigenvalue weighted by Crippen LogP contribution is -2.30. The number of aryl methyl sites for hydroxylation is 1. The molecule has 3 rings (SSSR count). The third kappa shape index (κ3) is 2.54. The number of hydrogen-bond donors (Lipinski definition) is 2. The highest BCUT2D eigenvalue weighted by atomic mass is 19.1. The van der Waals surface area contributed by atoms with Gasteiger partial charge < -0.3 is 5.32 Å². The van der Waals surface area contributed by atoms with Gasteiger partial charge in [0.05, 0.1) is 0 Å². The predicted octanol–water partition coefficient (Wildman–Crippen LogP) is 3.48. The van der Waals surface area contributed by atoms with Crippen molar-refractivity contribution in [1.82, 2.24) is 5.32 Å². The van der Waals surface area contributed by atoms with Crippen molar-refractivity contribution in [3.05, 3.63) is 65.0 Å². The average molecular weight is 284 g/mol. The highest BCUT2D eigenvalue weighted by molar-refractivity contribution is 6.02. The number of carbonyl (C=O) groups excluding carboxylic acids is 1. The van der Waals surface area contributed by atoms with Crippen LogP contribution in [0.4, 0.5) is 10.1 Å². The fraction of sp³-hybridized carbons (Fsp3) is 0.235. The van der Waals surface area contributed by atoms with Gasteiger partial charge in [0.2, 0.25) is 5.91 Å². The summed E-state index contributed by atoms with van der Waals surface area (Å²) >= 11 is 0. The molecule has 2 aromatic carbocycles. The van der Waals surface area contributed by atoms with E-state index >= 15 is 0 Å². The van der Waals surface area contributed by atoms with Gasteiger partial charge in [0.25, 0.3) is 0 Å². The first-order chi connectivity index (χ1) is 10.1. The molecule has 2 aromatic rings. The molecule has 1 aliphatic rings. The monoisotopic (exact) mass is 284 g/mol. The maximum Gasteiger partial charge on any atom is 0.246 e. The summed E-state index contributed by atoms with van der Waals surface area (Å²) in [5.41, 5.74) is 3.67. The number of anilines is 1. The molecule has 108 valence electrons. The maximum atomic E-state index is 13.2. The Balaban J connectivity index is 1.86. The van der Waals surface area contributed by atoms with Crippen molar-refractivity contribution in [2.45, 2.75) is 25.9 Å². The fourth-order valence-corrected chi connectivity index (χ4v) is 2.81. The minimum atomic E-state index is -0.449. The molecule has 0 saturated carbocycles. The third-order valence-electron chi connectivity index (χ3n) is 3.92. The van der Waals surface area contributed by atoms with Gasteiger partial charge in [-0.05, 0) is 37.1 Å². The Hall–Kier alpha value is -2.20. The number of fused-ring (bicyclic) bond motifs is 1. The van der Waals surface area contributed by atoms with Crippen LogP contribution in [0, 0.1) is 12.7 Å². The van der Waals surface area contributed by atoms with Gasteiger partial charge in [-0.2, -0.15) is 0 Å². The van der Waals surface area contributed by atoms with Crippen LogP contribution in [0.25, 0.3) is 0 Å². The molecule has 0 aliphatic carbocycles. The number of rotatable bonds is 3. The van der Waals surface area contributed by atoms with Gasteiger partial charge in [-0.15, -0.1) is 0 Å². The van der Waals surface area contributed by atoms with Crippen LogP contribution in [-0.4, -0.2) is 5.91 Å². The van der Waals surface area contributed by atoms with E-state index in [0.29, 0.717) is 5.69 Å². The average Bonchev–Trinajstić information content (AvgIpc) is 2.74. The standard InChI is InChI=1S/C17H17FN2O/c1-10-5-3-4-6-13(10)11(2)19-16-14-8-7-12(18)9-15(14)20-17(16)21/h3-9,11,16,19H,1-2H3,(H,20,21). The van der Waals surface area contributed by atoms with Crippen molar-refractivity contribution < 1.29 is 9.18 Å². The molecule has 4 heteroatoms. The number of carbonyl (C=O) groups is 1. The molecule has 0 radical (unpaired) electrons. The first-order valence-corrected chi connectivity index (χ1v) is 6.98. The Morgan fingerprint density at radius 2 is 2.00 bits per heavy atom. The number of amides is 1. The third-order valence-corrected chi connectivity index (χ3v) is 3.92. The number of benzene rings is 2. The molecule has 0 fully saturated rings. The molecule has 0 bridgehead atoms. The van der Waals surface area contributed by atoms with E-state index in [1.807, 2.05) is 38.1 Å². The summed E-state index contributed by atoms with van der Waals surface area (Å²) in [7, 11) is 0. The number of hydrogen-bond acceptors (Lipinski definition) is 2. The van der Waals surface area contributed by atoms with E-state index < -0.39 is 6.04 Å². The second-order valence-electron chi connectivity index (χ2n) is 5.40.